The molecule has 1 aliphatic rings. The van der Waals surface area contributed by atoms with Gasteiger partial charge in [-0.2, -0.15) is 0 Å². The number of anilines is 2. The van der Waals surface area contributed by atoms with Crippen molar-refractivity contribution < 1.29 is 4.79 Å². The van der Waals surface area contributed by atoms with Crippen LogP contribution in [0.1, 0.15) is 39.2 Å². The predicted octanol–water partition coefficient (Wildman–Crippen LogP) is 2.98. The van der Waals surface area contributed by atoms with Gasteiger partial charge in [-0.05, 0) is 36.0 Å². The number of rotatable bonds is 1. The zero-order chi connectivity index (χ0) is 13.3. The Labute approximate surface area is 109 Å². The van der Waals surface area contributed by atoms with Crippen molar-refractivity contribution in [2.75, 3.05) is 17.2 Å². The van der Waals surface area contributed by atoms with Gasteiger partial charge in [0.25, 0.3) is 0 Å². The van der Waals surface area contributed by atoms with E-state index in [-0.39, 0.29) is 11.3 Å². The van der Waals surface area contributed by atoms with Crippen molar-refractivity contribution >= 4 is 17.3 Å². The Kier molecular flexibility index (Phi) is 3.33. The van der Waals surface area contributed by atoms with Gasteiger partial charge < -0.3 is 10.6 Å². The minimum Gasteiger partial charge on any atom is -0.398 e. The third kappa shape index (κ3) is 2.66. The highest BCUT2D eigenvalue weighted by molar-refractivity contribution is 5.95. The van der Waals surface area contributed by atoms with E-state index in [2.05, 4.69) is 20.8 Å². The van der Waals surface area contributed by atoms with Crippen molar-refractivity contribution in [3.8, 4) is 0 Å². The van der Waals surface area contributed by atoms with Gasteiger partial charge in [-0.25, -0.2) is 0 Å². The number of benzene rings is 1. The summed E-state index contributed by atoms with van der Waals surface area (Å²) >= 11 is 0. The molecule has 0 radical (unpaired) electrons. The quantitative estimate of drug-likeness (QED) is 0.774. The molecule has 2 rings (SSSR count). The van der Waals surface area contributed by atoms with Gasteiger partial charge in [0.1, 0.15) is 0 Å². The maximum Gasteiger partial charge on any atom is 0.227 e. The summed E-state index contributed by atoms with van der Waals surface area (Å²) in [5.74, 6) is 0.203. The Hall–Kier alpha value is -1.51. The lowest BCUT2D eigenvalue weighted by molar-refractivity contribution is -0.120. The number of carbonyl (C=O) groups excluding carboxylic acids is 1. The van der Waals surface area contributed by atoms with Crippen LogP contribution < -0.4 is 10.6 Å². The topological polar surface area (TPSA) is 46.3 Å². The highest BCUT2D eigenvalue weighted by atomic mass is 16.2. The summed E-state index contributed by atoms with van der Waals surface area (Å²) in [6.07, 6.45) is 2.54. The molecule has 0 aliphatic carbocycles. The van der Waals surface area contributed by atoms with Crippen LogP contribution in [-0.2, 0) is 11.2 Å². The summed E-state index contributed by atoms with van der Waals surface area (Å²) in [5, 5.41) is 0. The van der Waals surface area contributed by atoms with Crippen LogP contribution in [0, 0.1) is 5.41 Å². The molecule has 0 fully saturated rings. The minimum absolute atomic E-state index is 0.0228. The zero-order valence-electron chi connectivity index (χ0n) is 11.5. The molecule has 0 aromatic heterocycles. The van der Waals surface area contributed by atoms with Crippen LogP contribution in [0.15, 0.2) is 18.2 Å². The number of nitrogen functional groups attached to an aromatic ring is 1. The number of hydrogen-bond acceptors (Lipinski definition) is 2. The molecule has 1 aromatic rings. The molecule has 3 nitrogen and oxygen atoms in total. The first-order chi connectivity index (χ1) is 8.38. The first-order valence-electron chi connectivity index (χ1n) is 6.56. The van der Waals surface area contributed by atoms with Crippen LogP contribution in [0.4, 0.5) is 11.4 Å². The fraction of sp³-hybridized carbons (Fsp3) is 0.533. The number of carbonyl (C=O) groups is 1. The summed E-state index contributed by atoms with van der Waals surface area (Å²) in [6.45, 7) is 7.09. The van der Waals surface area contributed by atoms with E-state index >= 15 is 0 Å². The minimum atomic E-state index is 0.0228. The molecule has 0 bridgehead atoms. The van der Waals surface area contributed by atoms with Crippen molar-refractivity contribution in [2.45, 2.75) is 40.0 Å². The van der Waals surface area contributed by atoms with Crippen molar-refractivity contribution in [1.29, 1.82) is 0 Å². The second-order valence-corrected chi connectivity index (χ2v) is 6.23. The van der Waals surface area contributed by atoms with Crippen LogP contribution >= 0.6 is 0 Å². The standard InChI is InChI=1S/C15H22N2O/c1-15(2,3)10-14(18)17-9-5-6-11-12(16)7-4-8-13(11)17/h4,7-8H,5-6,9-10,16H2,1-3H3. The van der Waals surface area contributed by atoms with Gasteiger partial charge in [0.05, 0.1) is 0 Å². The maximum atomic E-state index is 12.4. The highest BCUT2D eigenvalue weighted by Crippen LogP contribution is 2.33. The van der Waals surface area contributed by atoms with Gasteiger partial charge in [0.2, 0.25) is 5.91 Å². The SMILES string of the molecule is CC(C)(C)CC(=O)N1CCCc2c(N)cccc21. The lowest BCUT2D eigenvalue weighted by atomic mass is 9.90. The summed E-state index contributed by atoms with van der Waals surface area (Å²) in [4.78, 5) is 14.3. The number of hydrogen-bond donors (Lipinski definition) is 1. The average Bonchev–Trinajstić information content (AvgIpc) is 2.26. The third-order valence-corrected chi connectivity index (χ3v) is 3.27. The van der Waals surface area contributed by atoms with E-state index < -0.39 is 0 Å². The van der Waals surface area contributed by atoms with Gasteiger partial charge in [-0.3, -0.25) is 4.79 Å². The second kappa shape index (κ2) is 4.63. The molecular weight excluding hydrogens is 224 g/mol. The van der Waals surface area contributed by atoms with Crippen molar-refractivity contribution in [1.82, 2.24) is 0 Å². The van der Waals surface area contributed by atoms with Gasteiger partial charge >= 0.3 is 0 Å². The molecule has 1 amide bonds. The summed E-state index contributed by atoms with van der Waals surface area (Å²) in [5.41, 5.74) is 8.96. The molecule has 0 atom stereocenters. The number of amides is 1. The largest absolute Gasteiger partial charge is 0.398 e. The zero-order valence-corrected chi connectivity index (χ0v) is 11.5. The van der Waals surface area contributed by atoms with Crippen LogP contribution in [-0.4, -0.2) is 12.5 Å². The maximum absolute atomic E-state index is 12.4. The molecule has 1 aliphatic heterocycles. The number of nitrogens with zero attached hydrogens (tertiary/aromatic N) is 1. The summed E-state index contributed by atoms with van der Waals surface area (Å²) < 4.78 is 0. The van der Waals surface area contributed by atoms with Crippen molar-refractivity contribution in [3.63, 3.8) is 0 Å². The molecule has 2 N–H and O–H groups in total. The number of nitrogens with two attached hydrogens (primary N) is 1. The Morgan fingerprint density at radius 1 is 1.39 bits per heavy atom. The van der Waals surface area contributed by atoms with Gasteiger partial charge in [0.15, 0.2) is 0 Å². The van der Waals surface area contributed by atoms with Crippen LogP contribution in [0.2, 0.25) is 0 Å². The lowest BCUT2D eigenvalue weighted by Gasteiger charge is -2.32. The second-order valence-electron chi connectivity index (χ2n) is 6.23. The fourth-order valence-corrected chi connectivity index (χ4v) is 2.46. The molecular formula is C15H22N2O. The molecule has 1 aromatic carbocycles. The molecule has 0 saturated carbocycles. The number of fused-ring (bicyclic) bond motifs is 1. The molecule has 18 heavy (non-hydrogen) atoms. The normalized spacial score (nSPS) is 15.4. The van der Waals surface area contributed by atoms with Crippen LogP contribution in [0.3, 0.4) is 0 Å². The molecule has 0 saturated heterocycles. The molecule has 1 heterocycles. The molecule has 98 valence electrons. The lowest BCUT2D eigenvalue weighted by Crippen LogP contribution is -2.37. The van der Waals surface area contributed by atoms with E-state index in [1.165, 1.54) is 0 Å². The van der Waals surface area contributed by atoms with E-state index in [9.17, 15) is 4.79 Å². The monoisotopic (exact) mass is 246 g/mol. The molecule has 0 spiro atoms. The van der Waals surface area contributed by atoms with Crippen molar-refractivity contribution in [3.05, 3.63) is 23.8 Å². The molecule has 0 unspecified atom stereocenters. The van der Waals surface area contributed by atoms with Crippen LogP contribution in [0.25, 0.3) is 0 Å². The summed E-state index contributed by atoms with van der Waals surface area (Å²) in [6, 6.07) is 5.85. The Balaban J connectivity index is 2.28. The first kappa shape index (κ1) is 12.9. The van der Waals surface area contributed by atoms with Gasteiger partial charge in [0, 0.05) is 24.3 Å². The smallest absolute Gasteiger partial charge is 0.227 e. The Bertz CT molecular complexity index is 460. The van der Waals surface area contributed by atoms with Gasteiger partial charge in [-0.1, -0.05) is 26.8 Å². The highest BCUT2D eigenvalue weighted by Gasteiger charge is 2.26. The Morgan fingerprint density at radius 3 is 2.78 bits per heavy atom. The third-order valence-electron chi connectivity index (χ3n) is 3.27. The predicted molar refractivity (Wildman–Crippen MR) is 75.6 cm³/mol. The molecule has 3 heteroatoms. The fourth-order valence-electron chi connectivity index (χ4n) is 2.46. The van der Waals surface area contributed by atoms with Crippen molar-refractivity contribution in [2.24, 2.45) is 5.41 Å². The van der Waals surface area contributed by atoms with E-state index in [0.29, 0.717) is 6.42 Å². The average molecular weight is 246 g/mol. The van der Waals surface area contributed by atoms with E-state index in [4.69, 9.17) is 5.73 Å². The first-order valence-corrected chi connectivity index (χ1v) is 6.56. The van der Waals surface area contributed by atoms with Crippen LogP contribution in [0.5, 0.6) is 0 Å². The van der Waals surface area contributed by atoms with E-state index in [1.807, 2.05) is 23.1 Å². The summed E-state index contributed by atoms with van der Waals surface area (Å²) in [7, 11) is 0. The Morgan fingerprint density at radius 2 is 2.11 bits per heavy atom. The van der Waals surface area contributed by atoms with E-state index in [0.717, 1.165) is 36.3 Å². The van der Waals surface area contributed by atoms with E-state index in [1.54, 1.807) is 0 Å². The van der Waals surface area contributed by atoms with Gasteiger partial charge in [-0.15, -0.1) is 0 Å².